The Bertz CT molecular complexity index is 77.7. The monoisotopic (exact) mass is 107 g/mol. The maximum atomic E-state index is 9.71. The van der Waals surface area contributed by atoms with Gasteiger partial charge in [-0.25, -0.2) is 0 Å². The molecule has 0 atom stereocenters. The predicted molar refractivity (Wildman–Crippen MR) is 24.1 cm³/mol. The van der Waals surface area contributed by atoms with E-state index in [0.29, 0.717) is 0 Å². The van der Waals surface area contributed by atoms with Gasteiger partial charge >= 0.3 is 29.6 Å². The molecule has 0 aromatic rings. The van der Waals surface area contributed by atoms with E-state index in [1.54, 1.807) is 0 Å². The van der Waals surface area contributed by atoms with Crippen molar-refractivity contribution in [2.24, 2.45) is 0 Å². The molecule has 0 spiro atoms. The maximum Gasteiger partial charge on any atom is 1.00 e. The summed E-state index contributed by atoms with van der Waals surface area (Å²) in [6.45, 7) is 4.73. The second-order valence-corrected chi connectivity index (χ2v) is 1.11. The first-order valence-corrected chi connectivity index (χ1v) is 1.56. The van der Waals surface area contributed by atoms with Gasteiger partial charge in [0.2, 0.25) is 0 Å². The number of hydrogen-bond donors (Lipinski definition) is 0. The van der Waals surface area contributed by atoms with Crippen LogP contribution in [0.25, 0.3) is 5.73 Å². The van der Waals surface area contributed by atoms with Crippen LogP contribution < -0.4 is 29.6 Å². The molecule has 0 aromatic carbocycles. The Morgan fingerprint density at radius 3 is 1.86 bits per heavy atom. The van der Waals surface area contributed by atoms with Gasteiger partial charge in [0.25, 0.3) is 0 Å². The number of carbonyl (C=O) groups is 1. The standard InChI is InChI=1S/C4H7NO.Na/c1-3(2)4(5)6;/h1H2,2H3,(H2,5,6);/q;+1/p-1. The molecule has 0 aromatic heterocycles. The first kappa shape index (κ1) is 10.2. The van der Waals surface area contributed by atoms with E-state index in [1.165, 1.54) is 6.92 Å². The van der Waals surface area contributed by atoms with Gasteiger partial charge in [0.1, 0.15) is 0 Å². The predicted octanol–water partition coefficient (Wildman–Crippen LogP) is -1.85. The van der Waals surface area contributed by atoms with E-state index in [1.807, 2.05) is 0 Å². The van der Waals surface area contributed by atoms with Crippen molar-refractivity contribution < 1.29 is 34.4 Å². The number of amides is 1. The molecule has 0 bridgehead atoms. The van der Waals surface area contributed by atoms with Gasteiger partial charge in [0, 0.05) is 0 Å². The van der Waals surface area contributed by atoms with Crippen molar-refractivity contribution in [3.63, 3.8) is 0 Å². The molecule has 34 valence electrons. The summed E-state index contributed by atoms with van der Waals surface area (Å²) in [5.74, 6) is -0.685. The second kappa shape index (κ2) is 4.37. The van der Waals surface area contributed by atoms with Crippen molar-refractivity contribution >= 4 is 5.91 Å². The van der Waals surface area contributed by atoms with E-state index in [2.05, 4.69) is 6.58 Å². The summed E-state index contributed by atoms with van der Waals surface area (Å²) in [6, 6.07) is 0. The number of rotatable bonds is 1. The molecule has 1 amide bonds. The zero-order valence-corrected chi connectivity index (χ0v) is 6.62. The van der Waals surface area contributed by atoms with Crippen LogP contribution in [0.3, 0.4) is 0 Å². The molecule has 0 aliphatic heterocycles. The fraction of sp³-hybridized carbons (Fsp3) is 0.250. The molecule has 0 radical (unpaired) electrons. The fourth-order valence-electron chi connectivity index (χ4n) is 0. The smallest absolute Gasteiger partial charge is 0.664 e. The van der Waals surface area contributed by atoms with Crippen LogP contribution in [-0.4, -0.2) is 5.91 Å². The first-order chi connectivity index (χ1) is 2.64. The molecule has 7 heavy (non-hydrogen) atoms. The van der Waals surface area contributed by atoms with Crippen LogP contribution in [-0.2, 0) is 4.79 Å². The molecule has 0 rings (SSSR count). The summed E-state index contributed by atoms with van der Waals surface area (Å²) in [5, 5.41) is 0. The second-order valence-electron chi connectivity index (χ2n) is 1.11. The summed E-state index contributed by atoms with van der Waals surface area (Å²) in [4.78, 5) is 9.71. The number of nitrogens with one attached hydrogen (secondary N) is 1. The molecule has 0 heterocycles. The van der Waals surface area contributed by atoms with Gasteiger partial charge in [-0.3, -0.25) is 0 Å². The number of carbonyl (C=O) groups excluding carboxylic acids is 1. The minimum atomic E-state index is -0.685. The Kier molecular flexibility index (Phi) is 6.40. The van der Waals surface area contributed by atoms with Gasteiger partial charge in [-0.05, 0) is 12.5 Å². The van der Waals surface area contributed by atoms with Gasteiger partial charge in [0.05, 0.1) is 5.91 Å². The SMILES string of the molecule is C=C(C)C([NH-])=O.[Na+]. The third kappa shape index (κ3) is 6.21. The Labute approximate surface area is 65.1 Å². The van der Waals surface area contributed by atoms with E-state index in [4.69, 9.17) is 5.73 Å². The number of hydrogen-bond acceptors (Lipinski definition) is 1. The van der Waals surface area contributed by atoms with Crippen LogP contribution >= 0.6 is 0 Å². The zero-order chi connectivity index (χ0) is 5.15. The maximum absolute atomic E-state index is 9.71. The molecule has 0 unspecified atom stereocenters. The van der Waals surface area contributed by atoms with Gasteiger partial charge in [-0.1, -0.05) is 6.58 Å². The summed E-state index contributed by atoms with van der Waals surface area (Å²) in [6.07, 6.45) is 0. The molecule has 0 saturated carbocycles. The molecule has 0 aliphatic rings. The van der Waals surface area contributed by atoms with Crippen LogP contribution in [0.2, 0.25) is 0 Å². The fourth-order valence-corrected chi connectivity index (χ4v) is 0. The Morgan fingerprint density at radius 2 is 1.86 bits per heavy atom. The van der Waals surface area contributed by atoms with Crippen molar-refractivity contribution in [2.45, 2.75) is 6.92 Å². The van der Waals surface area contributed by atoms with E-state index < -0.39 is 5.91 Å². The third-order valence-electron chi connectivity index (χ3n) is 0.388. The zero-order valence-electron chi connectivity index (χ0n) is 4.62. The van der Waals surface area contributed by atoms with E-state index >= 15 is 0 Å². The summed E-state index contributed by atoms with van der Waals surface area (Å²) >= 11 is 0. The van der Waals surface area contributed by atoms with Gasteiger partial charge < -0.3 is 10.5 Å². The van der Waals surface area contributed by atoms with Crippen LogP contribution in [0.4, 0.5) is 0 Å². The molecular formula is C4H6NNaO. The summed E-state index contributed by atoms with van der Waals surface area (Å²) in [5.41, 5.74) is 6.58. The molecule has 0 aliphatic carbocycles. The minimum absolute atomic E-state index is 0. The Morgan fingerprint density at radius 1 is 1.71 bits per heavy atom. The van der Waals surface area contributed by atoms with Crippen LogP contribution in [0.1, 0.15) is 6.92 Å². The van der Waals surface area contributed by atoms with Crippen molar-refractivity contribution in [3.8, 4) is 0 Å². The van der Waals surface area contributed by atoms with Gasteiger partial charge in [-0.2, -0.15) is 0 Å². The summed E-state index contributed by atoms with van der Waals surface area (Å²) < 4.78 is 0. The minimum Gasteiger partial charge on any atom is -0.664 e. The molecule has 0 fully saturated rings. The first-order valence-electron chi connectivity index (χ1n) is 1.56. The van der Waals surface area contributed by atoms with Gasteiger partial charge in [-0.15, -0.1) is 0 Å². The molecule has 1 N–H and O–H groups in total. The average molecular weight is 107 g/mol. The van der Waals surface area contributed by atoms with E-state index in [9.17, 15) is 4.79 Å². The van der Waals surface area contributed by atoms with Crippen molar-refractivity contribution in [1.29, 1.82) is 0 Å². The normalized spacial score (nSPS) is 6.43. The van der Waals surface area contributed by atoms with Crippen LogP contribution in [0.15, 0.2) is 12.2 Å². The quantitative estimate of drug-likeness (QED) is 0.286. The van der Waals surface area contributed by atoms with E-state index in [0.717, 1.165) is 0 Å². The van der Waals surface area contributed by atoms with E-state index in [-0.39, 0.29) is 35.1 Å². The topological polar surface area (TPSA) is 40.9 Å². The van der Waals surface area contributed by atoms with Crippen molar-refractivity contribution in [2.75, 3.05) is 0 Å². The van der Waals surface area contributed by atoms with Crippen molar-refractivity contribution in [1.82, 2.24) is 0 Å². The van der Waals surface area contributed by atoms with Gasteiger partial charge in [0.15, 0.2) is 0 Å². The molecular weight excluding hydrogens is 101 g/mol. The molecule has 3 heteroatoms. The molecule has 2 nitrogen and oxygen atoms in total. The largest absolute Gasteiger partial charge is 1.00 e. The van der Waals surface area contributed by atoms with Crippen LogP contribution in [0.5, 0.6) is 0 Å². The third-order valence-corrected chi connectivity index (χ3v) is 0.388. The Balaban J connectivity index is 0. The summed E-state index contributed by atoms with van der Waals surface area (Å²) in [7, 11) is 0. The molecule has 0 saturated heterocycles. The van der Waals surface area contributed by atoms with Crippen molar-refractivity contribution in [3.05, 3.63) is 17.9 Å². The Hall–Kier alpha value is 0.210. The van der Waals surface area contributed by atoms with Crippen LogP contribution in [0, 0.1) is 0 Å². The average Bonchev–Trinajstić information content (AvgIpc) is 1.36.